The number of hydrogen-bond donors (Lipinski definition) is 1. The van der Waals surface area contributed by atoms with E-state index < -0.39 is 17.3 Å². The molecule has 0 aliphatic carbocycles. The molecule has 0 atom stereocenters. The van der Waals surface area contributed by atoms with Crippen LogP contribution in [0.2, 0.25) is 0 Å². The van der Waals surface area contributed by atoms with Gasteiger partial charge in [0, 0.05) is 6.20 Å². The fourth-order valence-corrected chi connectivity index (χ4v) is 2.03. The molecule has 19 heavy (non-hydrogen) atoms. The van der Waals surface area contributed by atoms with Gasteiger partial charge in [-0.25, -0.2) is 14.2 Å². The lowest BCUT2D eigenvalue weighted by molar-refractivity contribution is 0.0692. The first-order valence-electron chi connectivity index (χ1n) is 5.20. The molecule has 0 amide bonds. The largest absolute Gasteiger partial charge is 0.478 e. The van der Waals surface area contributed by atoms with Gasteiger partial charge in [0.1, 0.15) is 5.82 Å². The van der Waals surface area contributed by atoms with Gasteiger partial charge in [-0.3, -0.25) is 9.36 Å². The van der Waals surface area contributed by atoms with Crippen LogP contribution in [0.1, 0.15) is 15.9 Å². The molecule has 1 aromatic heterocycles. The summed E-state index contributed by atoms with van der Waals surface area (Å²) in [5.74, 6) is -2.14. The van der Waals surface area contributed by atoms with Crippen molar-refractivity contribution in [2.24, 2.45) is 0 Å². The summed E-state index contributed by atoms with van der Waals surface area (Å²) in [7, 11) is 0. The molecule has 0 saturated carbocycles. The zero-order chi connectivity index (χ0) is 14.0. The highest BCUT2D eigenvalue weighted by Gasteiger charge is 2.11. The quantitative estimate of drug-likeness (QED) is 0.831. The highest BCUT2D eigenvalue weighted by atomic mass is 127. The summed E-state index contributed by atoms with van der Waals surface area (Å²) in [6.07, 6.45) is 2.79. The maximum Gasteiger partial charge on any atom is 0.338 e. The Balaban J connectivity index is 2.34. The SMILES string of the molecule is O=C(O)c1ccc(Cn2cncc(I)c2=O)cc1F. The summed E-state index contributed by atoms with van der Waals surface area (Å²) in [6.45, 7) is 0.138. The van der Waals surface area contributed by atoms with Gasteiger partial charge >= 0.3 is 5.97 Å². The molecule has 0 saturated heterocycles. The second kappa shape index (κ2) is 5.47. The van der Waals surface area contributed by atoms with Crippen LogP contribution in [0.15, 0.2) is 35.5 Å². The maximum atomic E-state index is 13.5. The van der Waals surface area contributed by atoms with Crippen LogP contribution >= 0.6 is 22.6 Å². The molecule has 0 radical (unpaired) electrons. The molecule has 98 valence electrons. The molecule has 0 bridgehead atoms. The second-order valence-corrected chi connectivity index (χ2v) is 4.96. The molecule has 2 rings (SSSR count). The van der Waals surface area contributed by atoms with E-state index in [-0.39, 0.29) is 12.1 Å². The predicted molar refractivity (Wildman–Crippen MR) is 73.7 cm³/mol. The van der Waals surface area contributed by atoms with E-state index >= 15 is 0 Å². The first-order chi connectivity index (χ1) is 8.99. The fourth-order valence-electron chi connectivity index (χ4n) is 1.56. The van der Waals surface area contributed by atoms with E-state index in [9.17, 15) is 14.0 Å². The lowest BCUT2D eigenvalue weighted by Gasteiger charge is -2.06. The van der Waals surface area contributed by atoms with E-state index in [1.165, 1.54) is 29.2 Å². The molecule has 2 aromatic rings. The van der Waals surface area contributed by atoms with E-state index in [4.69, 9.17) is 5.11 Å². The molecule has 7 heteroatoms. The zero-order valence-corrected chi connectivity index (χ0v) is 11.7. The van der Waals surface area contributed by atoms with E-state index in [2.05, 4.69) is 4.98 Å². The molecular formula is C12H8FIN2O3. The first-order valence-corrected chi connectivity index (χ1v) is 6.28. The van der Waals surface area contributed by atoms with Crippen molar-refractivity contribution >= 4 is 28.6 Å². The van der Waals surface area contributed by atoms with E-state index in [0.29, 0.717) is 9.13 Å². The fraction of sp³-hybridized carbons (Fsp3) is 0.0833. The van der Waals surface area contributed by atoms with Crippen molar-refractivity contribution in [3.8, 4) is 0 Å². The standard InChI is InChI=1S/C12H8FIN2O3/c13-9-3-7(1-2-8(9)12(18)19)5-16-6-15-4-10(14)11(16)17/h1-4,6H,5H2,(H,18,19). The average molecular weight is 374 g/mol. The van der Waals surface area contributed by atoms with Crippen LogP contribution < -0.4 is 5.56 Å². The van der Waals surface area contributed by atoms with Crippen LogP contribution in [0, 0.1) is 9.39 Å². The van der Waals surface area contributed by atoms with Crippen molar-refractivity contribution < 1.29 is 14.3 Å². The van der Waals surface area contributed by atoms with Crippen LogP contribution in [0.5, 0.6) is 0 Å². The van der Waals surface area contributed by atoms with E-state index in [0.717, 1.165) is 6.07 Å². The molecule has 1 heterocycles. The Kier molecular flexibility index (Phi) is 3.93. The summed E-state index contributed by atoms with van der Waals surface area (Å²) in [6, 6.07) is 3.76. The number of aromatic nitrogens is 2. The first kappa shape index (κ1) is 13.7. The number of aromatic carboxylic acids is 1. The number of carboxylic acid groups (broad SMARTS) is 1. The highest BCUT2D eigenvalue weighted by Crippen LogP contribution is 2.11. The molecule has 0 unspecified atom stereocenters. The number of rotatable bonds is 3. The monoisotopic (exact) mass is 374 g/mol. The van der Waals surface area contributed by atoms with Gasteiger partial charge in [0.05, 0.1) is 22.0 Å². The van der Waals surface area contributed by atoms with Gasteiger partial charge < -0.3 is 5.11 Å². The van der Waals surface area contributed by atoms with Crippen LogP contribution in [-0.4, -0.2) is 20.6 Å². The lowest BCUT2D eigenvalue weighted by Crippen LogP contribution is -2.23. The summed E-state index contributed by atoms with van der Waals surface area (Å²) < 4.78 is 15.3. The van der Waals surface area contributed by atoms with Crippen molar-refractivity contribution in [1.29, 1.82) is 0 Å². The van der Waals surface area contributed by atoms with Gasteiger partial charge in [-0.05, 0) is 40.3 Å². The topological polar surface area (TPSA) is 72.2 Å². The van der Waals surface area contributed by atoms with Gasteiger partial charge in [0.15, 0.2) is 0 Å². The minimum absolute atomic E-state index is 0.138. The maximum absolute atomic E-state index is 13.5. The Hall–Kier alpha value is -1.77. The normalized spacial score (nSPS) is 10.4. The van der Waals surface area contributed by atoms with E-state index in [1.54, 1.807) is 0 Å². The van der Waals surface area contributed by atoms with Crippen molar-refractivity contribution in [3.63, 3.8) is 0 Å². The third kappa shape index (κ3) is 2.98. The zero-order valence-electron chi connectivity index (χ0n) is 9.51. The van der Waals surface area contributed by atoms with Crippen LogP contribution in [-0.2, 0) is 6.54 Å². The Morgan fingerprint density at radius 1 is 1.47 bits per heavy atom. The summed E-state index contributed by atoms with van der Waals surface area (Å²) in [5, 5.41) is 8.72. The number of carbonyl (C=O) groups is 1. The minimum Gasteiger partial charge on any atom is -0.478 e. The van der Waals surface area contributed by atoms with Crippen molar-refractivity contribution in [2.75, 3.05) is 0 Å². The average Bonchev–Trinajstić information content (AvgIpc) is 2.34. The highest BCUT2D eigenvalue weighted by molar-refractivity contribution is 14.1. The Labute approximate surface area is 120 Å². The number of carboxylic acids is 1. The van der Waals surface area contributed by atoms with Gasteiger partial charge in [0.25, 0.3) is 5.56 Å². The molecule has 1 aromatic carbocycles. The molecule has 0 aliphatic rings. The molecule has 0 aliphatic heterocycles. The Morgan fingerprint density at radius 2 is 2.21 bits per heavy atom. The Bertz CT molecular complexity index is 700. The van der Waals surface area contributed by atoms with Gasteiger partial charge in [-0.15, -0.1) is 0 Å². The second-order valence-electron chi connectivity index (χ2n) is 3.79. The third-order valence-corrected chi connectivity index (χ3v) is 3.22. The number of nitrogens with zero attached hydrogens (tertiary/aromatic N) is 2. The molecular weight excluding hydrogens is 366 g/mol. The van der Waals surface area contributed by atoms with Crippen LogP contribution in [0.25, 0.3) is 0 Å². The van der Waals surface area contributed by atoms with Crippen molar-refractivity contribution in [1.82, 2.24) is 9.55 Å². The van der Waals surface area contributed by atoms with Gasteiger partial charge in [0.2, 0.25) is 0 Å². The number of hydrogen-bond acceptors (Lipinski definition) is 3. The molecule has 1 N–H and O–H groups in total. The van der Waals surface area contributed by atoms with Crippen molar-refractivity contribution in [2.45, 2.75) is 6.54 Å². The molecule has 0 fully saturated rings. The number of halogens is 2. The minimum atomic E-state index is -1.32. The van der Waals surface area contributed by atoms with Gasteiger partial charge in [-0.2, -0.15) is 0 Å². The summed E-state index contributed by atoms with van der Waals surface area (Å²) in [5.41, 5.74) is -0.122. The molecule has 5 nitrogen and oxygen atoms in total. The number of benzene rings is 1. The molecule has 0 spiro atoms. The summed E-state index contributed by atoms with van der Waals surface area (Å²) in [4.78, 5) is 26.3. The van der Waals surface area contributed by atoms with Crippen LogP contribution in [0.4, 0.5) is 4.39 Å². The smallest absolute Gasteiger partial charge is 0.338 e. The summed E-state index contributed by atoms with van der Waals surface area (Å²) >= 11 is 1.87. The van der Waals surface area contributed by atoms with Crippen molar-refractivity contribution in [3.05, 3.63) is 61.6 Å². The van der Waals surface area contributed by atoms with Gasteiger partial charge in [-0.1, -0.05) is 6.07 Å². The lowest BCUT2D eigenvalue weighted by atomic mass is 10.1. The third-order valence-electron chi connectivity index (χ3n) is 2.48. The van der Waals surface area contributed by atoms with Crippen LogP contribution in [0.3, 0.4) is 0 Å². The van der Waals surface area contributed by atoms with E-state index in [1.807, 2.05) is 22.6 Å². The predicted octanol–water partition coefficient (Wildman–Crippen LogP) is 1.73. The Morgan fingerprint density at radius 3 is 2.84 bits per heavy atom.